The molecule has 3 N–H and O–H groups in total. The smallest absolute Gasteiger partial charge is 0.335 e. The van der Waals surface area contributed by atoms with Crippen molar-refractivity contribution in [1.82, 2.24) is 4.98 Å². The van der Waals surface area contributed by atoms with Crippen LogP contribution in [0.4, 0.5) is 10.1 Å². The Balaban J connectivity index is 0.000000302. The van der Waals surface area contributed by atoms with Crippen molar-refractivity contribution in [3.05, 3.63) is 99.6 Å². The third-order valence-corrected chi connectivity index (χ3v) is 5.14. The highest BCUT2D eigenvalue weighted by molar-refractivity contribution is 6.37. The first-order chi connectivity index (χ1) is 16.1. The molecule has 0 atom stereocenters. The quantitative estimate of drug-likeness (QED) is 0.434. The van der Waals surface area contributed by atoms with E-state index in [1.54, 1.807) is 12.1 Å². The first-order valence-corrected chi connectivity index (χ1v) is 10.0. The second-order valence-corrected chi connectivity index (χ2v) is 7.47. The number of carboxylic acids is 1. The van der Waals surface area contributed by atoms with Crippen LogP contribution in [0.3, 0.4) is 0 Å². The van der Waals surface area contributed by atoms with E-state index in [2.05, 4.69) is 4.98 Å². The number of amides is 2. The predicted molar refractivity (Wildman–Crippen MR) is 123 cm³/mol. The number of aromatic nitrogens is 1. The van der Waals surface area contributed by atoms with E-state index in [-0.39, 0.29) is 21.7 Å². The molecule has 0 fully saturated rings. The summed E-state index contributed by atoms with van der Waals surface area (Å²) in [5.74, 6) is -3.34. The van der Waals surface area contributed by atoms with Gasteiger partial charge in [0.25, 0.3) is 5.91 Å². The van der Waals surface area contributed by atoms with Gasteiger partial charge in [-0.1, -0.05) is 17.7 Å². The Labute approximate surface area is 198 Å². The molecule has 3 aromatic rings. The molecule has 0 unspecified atom stereocenters. The Morgan fingerprint density at radius 2 is 1.74 bits per heavy atom. The number of benzene rings is 2. The van der Waals surface area contributed by atoms with E-state index in [0.29, 0.717) is 16.8 Å². The molecule has 1 aliphatic rings. The molecular formula is C24H17ClFN3O5. The molecule has 172 valence electrons. The number of Topliss-reactive ketones (excluding diaryl/α,β-unsaturated/α-hetero) is 1. The van der Waals surface area contributed by atoms with Crippen LogP contribution in [0.1, 0.15) is 36.6 Å². The topological polar surface area (TPSA) is 131 Å². The van der Waals surface area contributed by atoms with Crippen molar-refractivity contribution in [1.29, 1.82) is 0 Å². The van der Waals surface area contributed by atoms with Gasteiger partial charge in [-0.05, 0) is 54.1 Å². The first-order valence-electron chi connectivity index (χ1n) is 9.67. The molecule has 0 spiro atoms. The number of carbonyl (C=O) groups is 4. The number of ketones is 1. The van der Waals surface area contributed by atoms with Gasteiger partial charge < -0.3 is 15.7 Å². The van der Waals surface area contributed by atoms with Gasteiger partial charge >= 0.3 is 5.97 Å². The number of anilines is 1. The van der Waals surface area contributed by atoms with Crippen LogP contribution in [0.2, 0.25) is 5.02 Å². The van der Waals surface area contributed by atoms with Crippen LogP contribution >= 0.6 is 11.6 Å². The molecule has 0 radical (unpaired) electrons. The highest BCUT2D eigenvalue weighted by atomic mass is 35.5. The van der Waals surface area contributed by atoms with Crippen molar-refractivity contribution >= 4 is 46.9 Å². The number of hydrogen-bond donors (Lipinski definition) is 2. The lowest BCUT2D eigenvalue weighted by Crippen LogP contribution is -2.36. The van der Waals surface area contributed by atoms with Crippen LogP contribution in [0.5, 0.6) is 0 Å². The van der Waals surface area contributed by atoms with Crippen LogP contribution in [0.15, 0.2) is 66.5 Å². The lowest BCUT2D eigenvalue weighted by Gasteiger charge is -2.26. The highest BCUT2D eigenvalue weighted by Crippen LogP contribution is 2.31. The van der Waals surface area contributed by atoms with Gasteiger partial charge in [0, 0.05) is 30.6 Å². The molecule has 8 nitrogen and oxygen atoms in total. The summed E-state index contributed by atoms with van der Waals surface area (Å²) in [6, 6.07) is 10.9. The van der Waals surface area contributed by atoms with E-state index in [0.717, 1.165) is 6.07 Å². The van der Waals surface area contributed by atoms with E-state index < -0.39 is 29.4 Å². The number of likely N-dealkylation sites (N-methyl/N-ethyl adjacent to an activating group) is 1. The van der Waals surface area contributed by atoms with Crippen molar-refractivity contribution in [2.24, 2.45) is 5.73 Å². The summed E-state index contributed by atoms with van der Waals surface area (Å²) in [6.45, 7) is 0. The Bertz CT molecular complexity index is 1340. The molecule has 2 heterocycles. The van der Waals surface area contributed by atoms with Crippen molar-refractivity contribution in [3.8, 4) is 0 Å². The van der Waals surface area contributed by atoms with Crippen molar-refractivity contribution in [2.75, 3.05) is 11.9 Å². The number of aromatic carboxylic acids is 1. The zero-order valence-electron chi connectivity index (χ0n) is 17.7. The molecule has 0 saturated heterocycles. The highest BCUT2D eigenvalue weighted by Gasteiger charge is 2.33. The Morgan fingerprint density at radius 1 is 1.06 bits per heavy atom. The maximum atomic E-state index is 13.3. The van der Waals surface area contributed by atoms with E-state index in [1.807, 2.05) is 0 Å². The van der Waals surface area contributed by atoms with Crippen molar-refractivity contribution < 1.29 is 28.7 Å². The molecule has 34 heavy (non-hydrogen) atoms. The SMILES string of the molecule is CN1C(=O)/C(=C/c2ccc(F)c(Cl)c2)C(=O)c2cc(C(=O)O)ccc21.NC(=O)c1ccncc1. The number of nitrogens with two attached hydrogens (primary N) is 1. The summed E-state index contributed by atoms with van der Waals surface area (Å²) < 4.78 is 13.3. The average Bonchev–Trinajstić information content (AvgIpc) is 2.83. The number of primary amides is 1. The second kappa shape index (κ2) is 10.1. The third-order valence-electron chi connectivity index (χ3n) is 4.85. The summed E-state index contributed by atoms with van der Waals surface area (Å²) in [5, 5.41) is 8.96. The minimum absolute atomic E-state index is 0.0565. The van der Waals surface area contributed by atoms with E-state index in [1.165, 1.54) is 60.7 Å². The molecular weight excluding hydrogens is 465 g/mol. The monoisotopic (exact) mass is 481 g/mol. The second-order valence-electron chi connectivity index (χ2n) is 7.06. The minimum Gasteiger partial charge on any atom is -0.478 e. The zero-order valence-corrected chi connectivity index (χ0v) is 18.4. The number of pyridine rings is 1. The fourth-order valence-electron chi connectivity index (χ4n) is 3.09. The average molecular weight is 482 g/mol. The summed E-state index contributed by atoms with van der Waals surface area (Å²) in [4.78, 5) is 51.7. The first kappa shape index (κ1) is 24.3. The Morgan fingerprint density at radius 3 is 2.29 bits per heavy atom. The van der Waals surface area contributed by atoms with Gasteiger partial charge in [0.2, 0.25) is 11.7 Å². The standard InChI is InChI=1S/C18H11ClFNO4.C6H6N2O/c1-21-15-5-3-10(18(24)25)8-11(15)16(22)12(17(21)23)6-9-2-4-14(20)13(19)7-9;7-6(9)5-1-3-8-4-2-5/h2-8H,1H3,(H,24,25);1-4H,(H2,7,9)/b12-6+;. The Hall–Kier alpha value is -4.37. The summed E-state index contributed by atoms with van der Waals surface area (Å²) >= 11 is 5.72. The van der Waals surface area contributed by atoms with Crippen LogP contribution in [0, 0.1) is 5.82 Å². The summed E-state index contributed by atoms with van der Waals surface area (Å²) in [5.41, 5.74) is 6.05. The van der Waals surface area contributed by atoms with Gasteiger partial charge in [-0.15, -0.1) is 0 Å². The van der Waals surface area contributed by atoms with E-state index in [4.69, 9.17) is 22.4 Å². The number of hydrogen-bond acceptors (Lipinski definition) is 5. The largest absolute Gasteiger partial charge is 0.478 e. The number of carboxylic acid groups (broad SMARTS) is 1. The van der Waals surface area contributed by atoms with Crippen LogP contribution in [-0.2, 0) is 4.79 Å². The molecule has 1 aliphatic heterocycles. The summed E-state index contributed by atoms with van der Waals surface area (Å²) in [6.07, 6.45) is 4.36. The number of carbonyl (C=O) groups excluding carboxylic acids is 3. The maximum Gasteiger partial charge on any atom is 0.335 e. The number of fused-ring (bicyclic) bond motifs is 1. The fourth-order valence-corrected chi connectivity index (χ4v) is 3.28. The number of halogens is 2. The maximum absolute atomic E-state index is 13.3. The lowest BCUT2D eigenvalue weighted by atomic mass is 9.92. The van der Waals surface area contributed by atoms with Crippen LogP contribution in [-0.4, -0.2) is 40.7 Å². The normalized spacial score (nSPS) is 13.7. The molecule has 0 saturated carbocycles. The number of rotatable bonds is 3. The molecule has 0 aliphatic carbocycles. The molecule has 0 bridgehead atoms. The van der Waals surface area contributed by atoms with Gasteiger partial charge in [0.15, 0.2) is 0 Å². The molecule has 2 amide bonds. The molecule has 2 aromatic carbocycles. The van der Waals surface area contributed by atoms with E-state index >= 15 is 0 Å². The van der Waals surface area contributed by atoms with Crippen LogP contribution in [0.25, 0.3) is 6.08 Å². The van der Waals surface area contributed by atoms with Gasteiger partial charge in [-0.3, -0.25) is 19.4 Å². The third kappa shape index (κ3) is 5.16. The summed E-state index contributed by atoms with van der Waals surface area (Å²) in [7, 11) is 1.49. The van der Waals surface area contributed by atoms with Gasteiger partial charge in [-0.25, -0.2) is 9.18 Å². The van der Waals surface area contributed by atoms with Crippen molar-refractivity contribution in [3.63, 3.8) is 0 Å². The number of nitrogens with zero attached hydrogens (tertiary/aromatic N) is 2. The van der Waals surface area contributed by atoms with E-state index in [9.17, 15) is 23.6 Å². The van der Waals surface area contributed by atoms with Gasteiger partial charge in [-0.2, -0.15) is 0 Å². The fraction of sp³-hybridized carbons (Fsp3) is 0.0417. The molecule has 10 heteroatoms. The lowest BCUT2D eigenvalue weighted by molar-refractivity contribution is -0.114. The zero-order chi connectivity index (χ0) is 25.0. The van der Waals surface area contributed by atoms with Gasteiger partial charge in [0.05, 0.1) is 21.8 Å². The van der Waals surface area contributed by atoms with Gasteiger partial charge in [0.1, 0.15) is 5.82 Å². The molecule has 4 rings (SSSR count). The Kier molecular flexibility index (Phi) is 7.18. The predicted octanol–water partition coefficient (Wildman–Crippen LogP) is 3.60. The molecule has 1 aromatic heterocycles. The van der Waals surface area contributed by atoms with Crippen molar-refractivity contribution in [2.45, 2.75) is 0 Å². The van der Waals surface area contributed by atoms with Crippen LogP contribution < -0.4 is 10.6 Å². The minimum atomic E-state index is -1.18.